The molecule has 0 radical (unpaired) electrons. The van der Waals surface area contributed by atoms with Crippen molar-refractivity contribution in [1.29, 1.82) is 0 Å². The minimum atomic E-state index is -1.26. The zero-order chi connectivity index (χ0) is 24.8. The topological polar surface area (TPSA) is 107 Å². The van der Waals surface area contributed by atoms with Gasteiger partial charge < -0.3 is 14.9 Å². The van der Waals surface area contributed by atoms with E-state index in [1.165, 1.54) is 11.1 Å². The van der Waals surface area contributed by atoms with E-state index >= 15 is 0 Å². The number of rotatable bonds is 4. The van der Waals surface area contributed by atoms with E-state index in [0.717, 1.165) is 44.5 Å². The predicted octanol–water partition coefficient (Wildman–Crippen LogP) is 0.581. The summed E-state index contributed by atoms with van der Waals surface area (Å²) in [6.45, 7) is 3.91. The molecule has 2 N–H and O–H groups in total. The molecule has 9 heteroatoms. The summed E-state index contributed by atoms with van der Waals surface area (Å²) in [6.07, 6.45) is 4.20. The third-order valence-corrected chi connectivity index (χ3v) is 6.85. The van der Waals surface area contributed by atoms with Gasteiger partial charge in [-0.15, -0.1) is 0 Å². The van der Waals surface area contributed by atoms with Crippen LogP contribution in [0.3, 0.4) is 0 Å². The zero-order valence-corrected chi connectivity index (χ0v) is 23.6. The first-order valence-electron chi connectivity index (χ1n) is 11.9. The SMILES string of the molecule is O=C(O)/C=C/C(=O)O.O=C(O[C@H]1CN2CCC1CC2)N1CCc2ccccc2[C@@H]1c1ccccc1.[K+]. The van der Waals surface area contributed by atoms with Crippen molar-refractivity contribution in [2.75, 3.05) is 26.2 Å². The molecule has 6 rings (SSSR count). The summed E-state index contributed by atoms with van der Waals surface area (Å²) < 4.78 is 6.08. The standard InChI is InChI=1S/C23H26N2O2.C4H4O4.K/c26-23(27-21-16-24-13-10-18(21)11-14-24)25-15-12-17-6-4-5-9-20(17)22(25)19-7-2-1-3-8-19;5-3(6)1-2-4(7)8;/h1-9,18,21-22H,10-16H2;1-2H,(H,5,6)(H,7,8);/q;;+1/b;2-1+;/t21-,22-;;/m0../s1. The average molecular weight is 518 g/mol. The number of aliphatic carboxylic acids is 2. The summed E-state index contributed by atoms with van der Waals surface area (Å²) in [6, 6.07) is 18.8. The maximum Gasteiger partial charge on any atom is 1.00 e. The number of amides is 1. The van der Waals surface area contributed by atoms with Gasteiger partial charge in [-0.1, -0.05) is 54.6 Å². The normalized spacial score (nSPS) is 24.1. The van der Waals surface area contributed by atoms with Crippen molar-refractivity contribution in [2.24, 2.45) is 5.92 Å². The van der Waals surface area contributed by atoms with Gasteiger partial charge in [0.05, 0.1) is 6.04 Å². The average Bonchev–Trinajstić information content (AvgIpc) is 2.88. The molecule has 0 aromatic heterocycles. The zero-order valence-electron chi connectivity index (χ0n) is 20.5. The van der Waals surface area contributed by atoms with E-state index in [4.69, 9.17) is 14.9 Å². The Hall–Kier alpha value is -2.01. The molecule has 3 saturated heterocycles. The van der Waals surface area contributed by atoms with Crippen LogP contribution >= 0.6 is 0 Å². The summed E-state index contributed by atoms with van der Waals surface area (Å²) in [5.74, 6) is -1.98. The molecular formula is C27H30KN2O6+. The van der Waals surface area contributed by atoms with Crippen LogP contribution in [0, 0.1) is 5.92 Å². The number of piperidine rings is 3. The van der Waals surface area contributed by atoms with Gasteiger partial charge in [-0.25, -0.2) is 14.4 Å². The second-order valence-corrected chi connectivity index (χ2v) is 9.03. The van der Waals surface area contributed by atoms with Gasteiger partial charge in [0, 0.05) is 25.2 Å². The summed E-state index contributed by atoms with van der Waals surface area (Å²) in [4.78, 5) is 36.7. The molecular weight excluding hydrogens is 487 g/mol. The summed E-state index contributed by atoms with van der Waals surface area (Å²) >= 11 is 0. The van der Waals surface area contributed by atoms with Gasteiger partial charge in [-0.2, -0.15) is 0 Å². The molecule has 4 heterocycles. The smallest absolute Gasteiger partial charge is 0.478 e. The Morgan fingerprint density at radius 1 is 0.861 bits per heavy atom. The predicted molar refractivity (Wildman–Crippen MR) is 129 cm³/mol. The van der Waals surface area contributed by atoms with E-state index in [9.17, 15) is 14.4 Å². The molecule has 1 amide bonds. The molecule has 184 valence electrons. The van der Waals surface area contributed by atoms with Crippen LogP contribution in [0.5, 0.6) is 0 Å². The maximum absolute atomic E-state index is 13.2. The van der Waals surface area contributed by atoms with E-state index in [1.807, 2.05) is 23.1 Å². The van der Waals surface area contributed by atoms with Gasteiger partial charge in [0.15, 0.2) is 0 Å². The number of ether oxygens (including phenoxy) is 1. The number of carboxylic acid groups (broad SMARTS) is 2. The van der Waals surface area contributed by atoms with Crippen molar-refractivity contribution in [3.63, 3.8) is 0 Å². The fourth-order valence-corrected chi connectivity index (χ4v) is 5.14. The van der Waals surface area contributed by atoms with E-state index in [1.54, 1.807) is 0 Å². The molecule has 0 aliphatic carbocycles. The van der Waals surface area contributed by atoms with Gasteiger partial charge in [0.25, 0.3) is 0 Å². The first kappa shape index (κ1) is 28.6. The van der Waals surface area contributed by atoms with E-state index in [0.29, 0.717) is 24.6 Å². The molecule has 0 spiro atoms. The van der Waals surface area contributed by atoms with Crippen molar-refractivity contribution < 1.29 is 80.7 Å². The minimum absolute atomic E-state index is 0. The van der Waals surface area contributed by atoms with Gasteiger partial charge in [0.2, 0.25) is 0 Å². The van der Waals surface area contributed by atoms with E-state index in [-0.39, 0.29) is 69.6 Å². The fourth-order valence-electron chi connectivity index (χ4n) is 5.14. The van der Waals surface area contributed by atoms with Crippen molar-refractivity contribution in [2.45, 2.75) is 31.4 Å². The number of hydrogen-bond donors (Lipinski definition) is 2. The molecule has 8 nitrogen and oxygen atoms in total. The van der Waals surface area contributed by atoms with E-state index in [2.05, 4.69) is 41.3 Å². The second-order valence-electron chi connectivity index (χ2n) is 9.03. The van der Waals surface area contributed by atoms with Gasteiger partial charge in [-0.3, -0.25) is 9.80 Å². The number of carbonyl (C=O) groups is 3. The third-order valence-electron chi connectivity index (χ3n) is 6.85. The fraction of sp³-hybridized carbons (Fsp3) is 0.370. The number of hydrogen-bond acceptors (Lipinski definition) is 5. The number of carboxylic acids is 2. The van der Waals surface area contributed by atoms with Crippen LogP contribution in [-0.2, 0) is 20.7 Å². The van der Waals surface area contributed by atoms with Crippen molar-refractivity contribution in [3.05, 3.63) is 83.4 Å². The molecule has 0 unspecified atom stereocenters. The Labute approximate surface area is 253 Å². The number of benzene rings is 2. The first-order chi connectivity index (χ1) is 16.9. The second kappa shape index (κ2) is 13.5. The molecule has 3 fully saturated rings. The molecule has 2 bridgehead atoms. The molecule has 2 atom stereocenters. The minimum Gasteiger partial charge on any atom is -0.478 e. The number of carbonyl (C=O) groups excluding carboxylic acids is 1. The van der Waals surface area contributed by atoms with Crippen molar-refractivity contribution >= 4 is 18.0 Å². The van der Waals surface area contributed by atoms with Crippen molar-refractivity contribution in [3.8, 4) is 0 Å². The van der Waals surface area contributed by atoms with Crippen LogP contribution in [0.15, 0.2) is 66.7 Å². The molecule has 36 heavy (non-hydrogen) atoms. The summed E-state index contributed by atoms with van der Waals surface area (Å²) in [7, 11) is 0. The van der Waals surface area contributed by atoms with Gasteiger partial charge in [0.1, 0.15) is 6.10 Å². The Balaban J connectivity index is 0.000000351. The van der Waals surface area contributed by atoms with Crippen LogP contribution in [0.4, 0.5) is 4.79 Å². The quantitative estimate of drug-likeness (QED) is 0.451. The van der Waals surface area contributed by atoms with Crippen LogP contribution < -0.4 is 51.4 Å². The van der Waals surface area contributed by atoms with Crippen molar-refractivity contribution in [1.82, 2.24) is 9.80 Å². The molecule has 2 aromatic carbocycles. The largest absolute Gasteiger partial charge is 1.00 e. The molecule has 4 aliphatic heterocycles. The Kier molecular flexibility index (Phi) is 10.7. The Morgan fingerprint density at radius 2 is 1.47 bits per heavy atom. The number of fused-ring (bicyclic) bond motifs is 4. The summed E-state index contributed by atoms with van der Waals surface area (Å²) in [5, 5.41) is 15.6. The Morgan fingerprint density at radius 3 is 2.06 bits per heavy atom. The summed E-state index contributed by atoms with van der Waals surface area (Å²) in [5.41, 5.74) is 3.70. The van der Waals surface area contributed by atoms with Crippen LogP contribution in [0.25, 0.3) is 0 Å². The van der Waals surface area contributed by atoms with Gasteiger partial charge >= 0.3 is 69.4 Å². The van der Waals surface area contributed by atoms with Crippen LogP contribution in [-0.4, -0.2) is 70.3 Å². The first-order valence-corrected chi connectivity index (χ1v) is 11.9. The molecule has 4 aliphatic rings. The molecule has 2 aromatic rings. The monoisotopic (exact) mass is 517 g/mol. The Bertz CT molecular complexity index is 1070. The third kappa shape index (κ3) is 7.27. The van der Waals surface area contributed by atoms with Crippen LogP contribution in [0.1, 0.15) is 35.6 Å². The maximum atomic E-state index is 13.2. The molecule has 0 saturated carbocycles. The number of nitrogens with zero attached hydrogens (tertiary/aromatic N) is 2. The van der Waals surface area contributed by atoms with Gasteiger partial charge in [-0.05, 0) is 55.0 Å². The van der Waals surface area contributed by atoms with E-state index < -0.39 is 11.9 Å². The van der Waals surface area contributed by atoms with Crippen LogP contribution in [0.2, 0.25) is 0 Å².